The van der Waals surface area contributed by atoms with Crippen LogP contribution in [0.3, 0.4) is 0 Å². The Morgan fingerprint density at radius 1 is 1.03 bits per heavy atom. The fourth-order valence-corrected chi connectivity index (χ4v) is 3.26. The first-order valence-electron chi connectivity index (χ1n) is 9.36. The molecule has 3 aromatic rings. The third kappa shape index (κ3) is 5.51. The maximum absolute atomic E-state index is 13.9. The van der Waals surface area contributed by atoms with Crippen LogP contribution < -0.4 is 14.8 Å². The average molecular weight is 474 g/mol. The number of nitrogens with one attached hydrogen (secondary N) is 1. The number of hydrogen-bond donors (Lipinski definition) is 2. The molecule has 0 amide bonds. The van der Waals surface area contributed by atoms with Crippen LogP contribution >= 0.6 is 15.9 Å². The minimum atomic E-state index is -0.961. The van der Waals surface area contributed by atoms with Crippen molar-refractivity contribution in [3.63, 3.8) is 0 Å². The summed E-state index contributed by atoms with van der Waals surface area (Å²) in [5.74, 6) is -0.197. The van der Waals surface area contributed by atoms with Crippen molar-refractivity contribution in [2.75, 3.05) is 11.9 Å². The summed E-state index contributed by atoms with van der Waals surface area (Å²) in [5, 5.41) is 12.2. The van der Waals surface area contributed by atoms with E-state index < -0.39 is 5.97 Å². The lowest BCUT2D eigenvalue weighted by atomic mass is 10.1. The second kappa shape index (κ2) is 10.1. The number of ether oxygens (including phenoxy) is 2. The van der Waals surface area contributed by atoms with E-state index >= 15 is 0 Å². The number of aromatic carboxylic acids is 1. The van der Waals surface area contributed by atoms with Crippen LogP contribution in [-0.2, 0) is 13.2 Å². The van der Waals surface area contributed by atoms with Gasteiger partial charge >= 0.3 is 5.97 Å². The van der Waals surface area contributed by atoms with Gasteiger partial charge in [-0.25, -0.2) is 9.18 Å². The molecule has 5 nitrogen and oxygen atoms in total. The maximum atomic E-state index is 13.9. The molecule has 3 aromatic carbocycles. The Bertz CT molecular complexity index is 1020. The molecule has 0 aromatic heterocycles. The summed E-state index contributed by atoms with van der Waals surface area (Å²) >= 11 is 3.55. The number of carboxylic acid groups (broad SMARTS) is 1. The van der Waals surface area contributed by atoms with Crippen LogP contribution in [-0.4, -0.2) is 17.7 Å². The Kier molecular flexibility index (Phi) is 7.30. The van der Waals surface area contributed by atoms with E-state index in [0.717, 1.165) is 15.7 Å². The number of anilines is 1. The Labute approximate surface area is 182 Å². The van der Waals surface area contributed by atoms with Gasteiger partial charge in [0.25, 0.3) is 0 Å². The molecule has 3 rings (SSSR count). The fourth-order valence-electron chi connectivity index (χ4n) is 2.79. The third-order valence-corrected chi connectivity index (χ3v) is 5.11. The molecule has 0 saturated heterocycles. The van der Waals surface area contributed by atoms with Crippen LogP contribution in [0.2, 0.25) is 0 Å². The predicted molar refractivity (Wildman–Crippen MR) is 117 cm³/mol. The molecule has 30 heavy (non-hydrogen) atoms. The summed E-state index contributed by atoms with van der Waals surface area (Å²) in [4.78, 5) is 11.0. The van der Waals surface area contributed by atoms with E-state index in [1.54, 1.807) is 48.5 Å². The van der Waals surface area contributed by atoms with E-state index in [-0.39, 0.29) is 18.0 Å². The zero-order chi connectivity index (χ0) is 21.5. The Morgan fingerprint density at radius 2 is 1.73 bits per heavy atom. The number of carboxylic acids is 1. The number of hydrogen-bond acceptors (Lipinski definition) is 4. The molecule has 2 N–H and O–H groups in total. The van der Waals surface area contributed by atoms with Gasteiger partial charge in [-0.2, -0.15) is 0 Å². The van der Waals surface area contributed by atoms with Crippen molar-refractivity contribution < 1.29 is 23.8 Å². The number of benzene rings is 3. The van der Waals surface area contributed by atoms with Gasteiger partial charge in [-0.05, 0) is 55.0 Å². The molecule has 0 saturated carbocycles. The molecule has 156 valence electrons. The van der Waals surface area contributed by atoms with Gasteiger partial charge in [0.05, 0.1) is 12.2 Å². The lowest BCUT2D eigenvalue weighted by molar-refractivity contribution is 0.0697. The van der Waals surface area contributed by atoms with Gasteiger partial charge in [0.15, 0.2) is 11.5 Å². The van der Waals surface area contributed by atoms with Crippen molar-refractivity contribution in [1.82, 2.24) is 0 Å². The van der Waals surface area contributed by atoms with E-state index in [2.05, 4.69) is 21.2 Å². The molecule has 0 heterocycles. The zero-order valence-corrected chi connectivity index (χ0v) is 17.9. The average Bonchev–Trinajstić information content (AvgIpc) is 2.74. The van der Waals surface area contributed by atoms with Crippen LogP contribution in [0.15, 0.2) is 65.1 Å². The van der Waals surface area contributed by atoms with E-state index in [1.807, 2.05) is 13.0 Å². The molecule has 0 aliphatic heterocycles. The first-order valence-corrected chi connectivity index (χ1v) is 10.2. The lowest BCUT2D eigenvalue weighted by Crippen LogP contribution is -2.05. The van der Waals surface area contributed by atoms with Gasteiger partial charge in [-0.3, -0.25) is 0 Å². The Balaban J connectivity index is 1.73. The summed E-state index contributed by atoms with van der Waals surface area (Å²) in [6.07, 6.45) is 0. The quantitative estimate of drug-likeness (QED) is 0.406. The molecule has 0 fully saturated rings. The fraction of sp³-hybridized carbons (Fsp3) is 0.174. The highest BCUT2D eigenvalue weighted by Crippen LogP contribution is 2.35. The standard InChI is InChI=1S/C23H21BrFNO4/c1-2-29-21-11-17(13-26-18-9-7-15(8-10-18)23(27)28)19(24)12-22(21)30-14-16-5-3-4-6-20(16)25/h3-12,26H,2,13-14H2,1H3,(H,27,28). The highest BCUT2D eigenvalue weighted by Gasteiger charge is 2.12. The molecular weight excluding hydrogens is 453 g/mol. The third-order valence-electron chi connectivity index (χ3n) is 4.37. The number of rotatable bonds is 9. The van der Waals surface area contributed by atoms with Crippen LogP contribution in [0, 0.1) is 5.82 Å². The van der Waals surface area contributed by atoms with Gasteiger partial charge in [0.1, 0.15) is 12.4 Å². The minimum absolute atomic E-state index is 0.0900. The molecule has 0 radical (unpaired) electrons. The molecular formula is C23H21BrFNO4. The molecule has 0 bridgehead atoms. The zero-order valence-electron chi connectivity index (χ0n) is 16.3. The first-order chi connectivity index (χ1) is 14.5. The monoisotopic (exact) mass is 473 g/mol. The molecule has 0 aliphatic rings. The minimum Gasteiger partial charge on any atom is -0.490 e. The summed E-state index contributed by atoms with van der Waals surface area (Å²) in [6.45, 7) is 2.92. The van der Waals surface area contributed by atoms with E-state index in [9.17, 15) is 9.18 Å². The van der Waals surface area contributed by atoms with Crippen molar-refractivity contribution in [2.24, 2.45) is 0 Å². The first kappa shape index (κ1) is 21.6. The van der Waals surface area contributed by atoms with Gasteiger partial charge in [0, 0.05) is 22.3 Å². The molecule has 0 aliphatic carbocycles. The predicted octanol–water partition coefficient (Wildman–Crippen LogP) is 5.88. The summed E-state index contributed by atoms with van der Waals surface area (Å²) < 4.78 is 26.2. The van der Waals surface area contributed by atoms with Crippen molar-refractivity contribution in [3.8, 4) is 11.5 Å². The van der Waals surface area contributed by atoms with Crippen molar-refractivity contribution in [1.29, 1.82) is 0 Å². The topological polar surface area (TPSA) is 67.8 Å². The largest absolute Gasteiger partial charge is 0.490 e. The van der Waals surface area contributed by atoms with Crippen LogP contribution in [0.4, 0.5) is 10.1 Å². The highest BCUT2D eigenvalue weighted by molar-refractivity contribution is 9.10. The van der Waals surface area contributed by atoms with Crippen molar-refractivity contribution in [2.45, 2.75) is 20.1 Å². The van der Waals surface area contributed by atoms with Crippen molar-refractivity contribution in [3.05, 3.63) is 87.6 Å². The second-order valence-corrected chi connectivity index (χ2v) is 7.29. The second-order valence-electron chi connectivity index (χ2n) is 6.44. The molecule has 7 heteroatoms. The smallest absolute Gasteiger partial charge is 0.335 e. The van der Waals surface area contributed by atoms with Gasteiger partial charge in [-0.1, -0.05) is 34.1 Å². The van der Waals surface area contributed by atoms with E-state index in [1.165, 1.54) is 6.07 Å². The number of halogens is 2. The Morgan fingerprint density at radius 3 is 2.40 bits per heavy atom. The summed E-state index contributed by atoms with van der Waals surface area (Å²) in [7, 11) is 0. The van der Waals surface area contributed by atoms with Gasteiger partial charge in [-0.15, -0.1) is 0 Å². The molecule has 0 atom stereocenters. The Hall–Kier alpha value is -3.06. The lowest BCUT2D eigenvalue weighted by Gasteiger charge is -2.16. The normalized spacial score (nSPS) is 10.5. The van der Waals surface area contributed by atoms with Crippen LogP contribution in [0.5, 0.6) is 11.5 Å². The van der Waals surface area contributed by atoms with Gasteiger partial charge < -0.3 is 19.9 Å². The van der Waals surface area contributed by atoms with E-state index in [0.29, 0.717) is 30.2 Å². The SMILES string of the molecule is CCOc1cc(CNc2ccc(C(=O)O)cc2)c(Br)cc1OCc1ccccc1F. The van der Waals surface area contributed by atoms with Crippen LogP contribution in [0.25, 0.3) is 0 Å². The molecule has 0 unspecified atom stereocenters. The molecule has 0 spiro atoms. The van der Waals surface area contributed by atoms with Gasteiger partial charge in [0.2, 0.25) is 0 Å². The highest BCUT2D eigenvalue weighted by atomic mass is 79.9. The van der Waals surface area contributed by atoms with Crippen LogP contribution in [0.1, 0.15) is 28.4 Å². The summed E-state index contributed by atoms with van der Waals surface area (Å²) in [6, 6.07) is 16.7. The number of carbonyl (C=O) groups is 1. The summed E-state index contributed by atoms with van der Waals surface area (Å²) in [5.41, 5.74) is 2.42. The maximum Gasteiger partial charge on any atom is 0.335 e. The van der Waals surface area contributed by atoms with E-state index in [4.69, 9.17) is 14.6 Å². The van der Waals surface area contributed by atoms with Crippen molar-refractivity contribution >= 4 is 27.6 Å².